The second kappa shape index (κ2) is 7.93. The molecule has 0 atom stereocenters. The molecule has 1 N–H and O–H groups in total. The van der Waals surface area contributed by atoms with Gasteiger partial charge in [0.15, 0.2) is 5.65 Å². The van der Waals surface area contributed by atoms with Crippen LogP contribution in [-0.2, 0) is 17.8 Å². The van der Waals surface area contributed by atoms with E-state index in [2.05, 4.69) is 17.2 Å². The van der Waals surface area contributed by atoms with Gasteiger partial charge in [-0.2, -0.15) is 0 Å². The zero-order chi connectivity index (χ0) is 20.4. The molecule has 1 amide bonds. The highest BCUT2D eigenvalue weighted by Crippen LogP contribution is 2.17. The summed E-state index contributed by atoms with van der Waals surface area (Å²) in [6, 6.07) is 18.1. The summed E-state index contributed by atoms with van der Waals surface area (Å²) in [5.41, 5.74) is 2.64. The van der Waals surface area contributed by atoms with Gasteiger partial charge >= 0.3 is 0 Å². The number of nitrogens with one attached hydrogen (secondary N) is 1. The summed E-state index contributed by atoms with van der Waals surface area (Å²) >= 11 is 5.99. The Labute approximate surface area is 172 Å². The molecule has 0 aliphatic rings. The van der Waals surface area contributed by atoms with E-state index in [1.54, 1.807) is 47.3 Å². The molecule has 0 unspecified atom stereocenters. The minimum atomic E-state index is -0.282. The summed E-state index contributed by atoms with van der Waals surface area (Å²) in [6.45, 7) is 1.98. The van der Waals surface area contributed by atoms with Gasteiger partial charge in [0.1, 0.15) is 6.54 Å². The molecule has 0 spiro atoms. The molecule has 2 aromatic heterocycles. The van der Waals surface area contributed by atoms with Crippen LogP contribution >= 0.6 is 11.6 Å². The zero-order valence-corrected chi connectivity index (χ0v) is 16.6. The van der Waals surface area contributed by atoms with Gasteiger partial charge in [0, 0.05) is 16.9 Å². The lowest BCUT2D eigenvalue weighted by Crippen LogP contribution is -2.27. The van der Waals surface area contributed by atoms with Gasteiger partial charge in [-0.25, -0.2) is 9.67 Å². The van der Waals surface area contributed by atoms with E-state index in [0.29, 0.717) is 27.4 Å². The first kappa shape index (κ1) is 19.0. The van der Waals surface area contributed by atoms with Crippen molar-refractivity contribution in [3.8, 4) is 5.69 Å². The van der Waals surface area contributed by atoms with Crippen molar-refractivity contribution in [1.29, 1.82) is 0 Å². The molecule has 4 aromatic rings. The van der Waals surface area contributed by atoms with Crippen LogP contribution in [-0.4, -0.2) is 20.3 Å². The Bertz CT molecular complexity index is 1260. The number of nitrogens with zero attached hydrogens (tertiary/aromatic N) is 3. The van der Waals surface area contributed by atoms with E-state index in [4.69, 9.17) is 11.6 Å². The number of benzene rings is 2. The van der Waals surface area contributed by atoms with E-state index in [1.165, 1.54) is 4.68 Å². The topological polar surface area (TPSA) is 68.9 Å². The van der Waals surface area contributed by atoms with Gasteiger partial charge < -0.3 is 5.32 Å². The Morgan fingerprint density at radius 3 is 2.72 bits per heavy atom. The first-order valence-corrected chi connectivity index (χ1v) is 9.66. The molecule has 6 nitrogen and oxygen atoms in total. The molecule has 7 heteroatoms. The number of hydrogen-bond donors (Lipinski definition) is 1. The van der Waals surface area contributed by atoms with Crippen LogP contribution in [0.1, 0.15) is 12.5 Å². The van der Waals surface area contributed by atoms with Gasteiger partial charge in [-0.15, -0.1) is 0 Å². The summed E-state index contributed by atoms with van der Waals surface area (Å²) < 4.78 is 3.11. The standard InChI is InChI=1S/C22H19ClN4O2/c1-2-15-6-3-9-18(12-15)27-22(29)19-10-5-11-24-21(19)26(27)14-20(28)25-17-8-4-7-16(23)13-17/h3-13H,2,14H2,1H3,(H,25,28). The largest absolute Gasteiger partial charge is 0.324 e. The lowest BCUT2D eigenvalue weighted by Gasteiger charge is -2.13. The van der Waals surface area contributed by atoms with Crippen molar-refractivity contribution < 1.29 is 4.79 Å². The molecule has 0 saturated heterocycles. The van der Waals surface area contributed by atoms with Gasteiger partial charge in [-0.3, -0.25) is 14.3 Å². The number of aryl methyl sites for hydroxylation is 1. The maximum absolute atomic E-state index is 13.1. The van der Waals surface area contributed by atoms with Crippen LogP contribution in [0.5, 0.6) is 0 Å². The maximum atomic E-state index is 13.1. The first-order valence-electron chi connectivity index (χ1n) is 9.28. The summed E-state index contributed by atoms with van der Waals surface area (Å²) in [7, 11) is 0. The molecule has 0 saturated carbocycles. The van der Waals surface area contributed by atoms with Crippen LogP contribution in [0.4, 0.5) is 5.69 Å². The highest BCUT2D eigenvalue weighted by Gasteiger charge is 2.18. The van der Waals surface area contributed by atoms with Crippen LogP contribution in [0.15, 0.2) is 71.7 Å². The van der Waals surface area contributed by atoms with Crippen molar-refractivity contribution in [1.82, 2.24) is 14.3 Å². The number of carbonyl (C=O) groups excluding carboxylic acids is 1. The Hall–Kier alpha value is -3.38. The lowest BCUT2D eigenvalue weighted by atomic mass is 10.1. The number of rotatable bonds is 5. The summed E-state index contributed by atoms with van der Waals surface area (Å²) in [5.74, 6) is -0.282. The highest BCUT2D eigenvalue weighted by molar-refractivity contribution is 6.30. The second-order valence-corrected chi connectivity index (χ2v) is 7.07. The van der Waals surface area contributed by atoms with Crippen molar-refractivity contribution in [3.05, 3.63) is 87.8 Å². The molecule has 0 fully saturated rings. The minimum Gasteiger partial charge on any atom is -0.324 e. The van der Waals surface area contributed by atoms with E-state index in [-0.39, 0.29) is 18.0 Å². The van der Waals surface area contributed by atoms with Crippen LogP contribution in [0.3, 0.4) is 0 Å². The maximum Gasteiger partial charge on any atom is 0.280 e. The van der Waals surface area contributed by atoms with E-state index < -0.39 is 0 Å². The number of anilines is 1. The Kier molecular flexibility index (Phi) is 5.18. The molecular weight excluding hydrogens is 388 g/mol. The SMILES string of the molecule is CCc1cccc(-n2c(=O)c3cccnc3n2CC(=O)Nc2cccc(Cl)c2)c1. The minimum absolute atomic E-state index is 0.0708. The molecule has 0 radical (unpaired) electrons. The van der Waals surface area contributed by atoms with Crippen molar-refractivity contribution in [2.45, 2.75) is 19.9 Å². The highest BCUT2D eigenvalue weighted by atomic mass is 35.5. The number of pyridine rings is 1. The van der Waals surface area contributed by atoms with Gasteiger partial charge in [0.25, 0.3) is 5.56 Å². The number of fused-ring (bicyclic) bond motifs is 1. The average Bonchev–Trinajstić information content (AvgIpc) is 3.00. The summed E-state index contributed by atoms with van der Waals surface area (Å²) in [4.78, 5) is 30.2. The van der Waals surface area contributed by atoms with Crippen molar-refractivity contribution in [2.24, 2.45) is 0 Å². The first-order chi connectivity index (χ1) is 14.1. The predicted octanol–water partition coefficient (Wildman–Crippen LogP) is 4.04. The number of amides is 1. The number of aromatic nitrogens is 3. The molecule has 29 heavy (non-hydrogen) atoms. The Morgan fingerprint density at radius 2 is 1.93 bits per heavy atom. The molecule has 2 aromatic carbocycles. The average molecular weight is 407 g/mol. The van der Waals surface area contributed by atoms with E-state index >= 15 is 0 Å². The van der Waals surface area contributed by atoms with Gasteiger partial charge in [-0.05, 0) is 54.4 Å². The normalized spacial score (nSPS) is 11.0. The number of hydrogen-bond acceptors (Lipinski definition) is 3. The molecule has 4 rings (SSSR count). The quantitative estimate of drug-likeness (QED) is 0.543. The molecule has 0 aliphatic carbocycles. The van der Waals surface area contributed by atoms with Crippen LogP contribution in [0.2, 0.25) is 5.02 Å². The van der Waals surface area contributed by atoms with E-state index in [1.807, 2.05) is 24.3 Å². The molecule has 0 bridgehead atoms. The van der Waals surface area contributed by atoms with Gasteiger partial charge in [0.05, 0.1) is 11.1 Å². The summed E-state index contributed by atoms with van der Waals surface area (Å²) in [6.07, 6.45) is 2.45. The van der Waals surface area contributed by atoms with Crippen LogP contribution < -0.4 is 10.9 Å². The molecule has 0 aliphatic heterocycles. The van der Waals surface area contributed by atoms with E-state index in [9.17, 15) is 9.59 Å². The summed E-state index contributed by atoms with van der Waals surface area (Å²) in [5, 5.41) is 3.81. The Balaban J connectivity index is 1.78. The fraction of sp³-hybridized carbons (Fsp3) is 0.136. The third-order valence-electron chi connectivity index (χ3n) is 4.66. The fourth-order valence-corrected chi connectivity index (χ4v) is 3.49. The van der Waals surface area contributed by atoms with Crippen molar-refractivity contribution in [3.63, 3.8) is 0 Å². The molecule has 2 heterocycles. The number of halogens is 1. The molecular formula is C22H19ClN4O2. The van der Waals surface area contributed by atoms with Crippen LogP contribution in [0, 0.1) is 0 Å². The fourth-order valence-electron chi connectivity index (χ4n) is 3.30. The molecule has 146 valence electrons. The number of carbonyl (C=O) groups is 1. The monoisotopic (exact) mass is 406 g/mol. The van der Waals surface area contributed by atoms with Crippen LogP contribution in [0.25, 0.3) is 16.7 Å². The van der Waals surface area contributed by atoms with E-state index in [0.717, 1.165) is 12.0 Å². The third kappa shape index (κ3) is 3.79. The van der Waals surface area contributed by atoms with Gasteiger partial charge in [-0.1, -0.05) is 36.7 Å². The van der Waals surface area contributed by atoms with Crippen molar-refractivity contribution in [2.75, 3.05) is 5.32 Å². The third-order valence-corrected chi connectivity index (χ3v) is 4.90. The zero-order valence-electron chi connectivity index (χ0n) is 15.8. The van der Waals surface area contributed by atoms with Gasteiger partial charge in [0.2, 0.25) is 5.91 Å². The smallest absolute Gasteiger partial charge is 0.280 e. The second-order valence-electron chi connectivity index (χ2n) is 6.63. The lowest BCUT2D eigenvalue weighted by molar-refractivity contribution is -0.116. The van der Waals surface area contributed by atoms with Crippen molar-refractivity contribution >= 4 is 34.2 Å². The Morgan fingerprint density at radius 1 is 1.10 bits per heavy atom. The predicted molar refractivity (Wildman–Crippen MR) is 115 cm³/mol.